The number of amides is 2. The van der Waals surface area contributed by atoms with Crippen molar-refractivity contribution in [3.05, 3.63) is 59.2 Å². The molecule has 0 bridgehead atoms. The summed E-state index contributed by atoms with van der Waals surface area (Å²) in [6.45, 7) is 3.95. The van der Waals surface area contributed by atoms with E-state index in [-0.39, 0.29) is 11.8 Å². The van der Waals surface area contributed by atoms with Crippen LogP contribution in [-0.4, -0.2) is 62.1 Å². The molecule has 0 atom stereocenters. The molecule has 2 fully saturated rings. The second-order valence-corrected chi connectivity index (χ2v) is 8.65. The van der Waals surface area contributed by atoms with Gasteiger partial charge in [0.2, 0.25) is 0 Å². The first-order valence-electron chi connectivity index (χ1n) is 11.6. The highest BCUT2D eigenvalue weighted by Gasteiger charge is 2.27. The number of hydrogen-bond donors (Lipinski definition) is 3. The average Bonchev–Trinajstić information content (AvgIpc) is 3.71. The van der Waals surface area contributed by atoms with Gasteiger partial charge in [-0.3, -0.25) is 19.9 Å². The van der Waals surface area contributed by atoms with Crippen molar-refractivity contribution in [3.63, 3.8) is 0 Å². The summed E-state index contributed by atoms with van der Waals surface area (Å²) in [6.07, 6.45) is 3.21. The average molecular weight is 448 g/mol. The Hall–Kier alpha value is -3.39. The number of guanidine groups is 1. The molecule has 0 aromatic heterocycles. The van der Waals surface area contributed by atoms with E-state index in [2.05, 4.69) is 20.9 Å². The molecule has 1 aliphatic carbocycles. The van der Waals surface area contributed by atoms with E-state index in [1.807, 2.05) is 47.4 Å². The summed E-state index contributed by atoms with van der Waals surface area (Å²) in [5.41, 5.74) is 4.23. The molecule has 8 heteroatoms. The molecule has 2 aromatic rings. The molecule has 2 aromatic carbocycles. The Kier molecular flexibility index (Phi) is 6.26. The molecule has 3 N–H and O–H groups in total. The minimum absolute atomic E-state index is 0.0237. The second kappa shape index (κ2) is 9.62. The van der Waals surface area contributed by atoms with Gasteiger partial charge in [-0.2, -0.15) is 0 Å². The minimum Gasteiger partial charge on any atom is -0.378 e. The van der Waals surface area contributed by atoms with Crippen LogP contribution >= 0.6 is 0 Å². The number of ether oxygens (including phenoxy) is 1. The van der Waals surface area contributed by atoms with Crippen LogP contribution < -0.4 is 16.0 Å². The molecule has 5 rings (SSSR count). The van der Waals surface area contributed by atoms with Crippen LogP contribution in [0.1, 0.15) is 51.5 Å². The Labute approximate surface area is 193 Å². The van der Waals surface area contributed by atoms with Crippen LogP contribution in [0.4, 0.5) is 11.4 Å². The van der Waals surface area contributed by atoms with Gasteiger partial charge in [0, 0.05) is 48.7 Å². The fourth-order valence-electron chi connectivity index (χ4n) is 4.18. The van der Waals surface area contributed by atoms with Crippen LogP contribution in [0, 0.1) is 0 Å². The van der Waals surface area contributed by atoms with Crippen molar-refractivity contribution in [2.24, 2.45) is 4.99 Å². The van der Waals surface area contributed by atoms with Gasteiger partial charge in [-0.15, -0.1) is 0 Å². The van der Waals surface area contributed by atoms with Gasteiger partial charge in [-0.05, 0) is 67.1 Å². The summed E-state index contributed by atoms with van der Waals surface area (Å²) in [6, 6.07) is 13.3. The molecule has 0 unspecified atom stereocenters. The Bertz CT molecular complexity index is 1070. The van der Waals surface area contributed by atoms with E-state index >= 15 is 0 Å². The molecule has 2 aliphatic heterocycles. The lowest BCUT2D eigenvalue weighted by Gasteiger charge is -2.27. The standard InChI is InChI=1S/C25H29N5O3/c31-23(29-25-26-9-2-10-27-25)18-7-8-22(21(16-18)17-5-6-17)28-20-4-1-3-19(15-20)24(32)30-11-13-33-14-12-30/h1,3-4,7-8,15-17,28H,2,5-6,9-14H2,(H2,26,27,29,31). The number of nitrogens with zero attached hydrogens (tertiary/aromatic N) is 2. The molecule has 3 aliphatic rings. The van der Waals surface area contributed by atoms with E-state index in [0.717, 1.165) is 49.3 Å². The Morgan fingerprint density at radius 3 is 2.67 bits per heavy atom. The number of hydrogen-bond acceptors (Lipinski definition) is 6. The van der Waals surface area contributed by atoms with Gasteiger partial charge in [0.25, 0.3) is 11.8 Å². The highest BCUT2D eigenvalue weighted by molar-refractivity contribution is 6.06. The number of rotatable bonds is 5. The molecule has 2 amide bonds. The quantitative estimate of drug-likeness (QED) is 0.655. The van der Waals surface area contributed by atoms with Gasteiger partial charge < -0.3 is 20.3 Å². The first kappa shape index (κ1) is 21.5. The van der Waals surface area contributed by atoms with Crippen molar-refractivity contribution in [1.82, 2.24) is 15.5 Å². The highest BCUT2D eigenvalue weighted by Crippen LogP contribution is 2.44. The summed E-state index contributed by atoms with van der Waals surface area (Å²) in [5, 5.41) is 9.47. The number of aliphatic imine (C=N–C) groups is 1. The van der Waals surface area contributed by atoms with Crippen molar-refractivity contribution >= 4 is 29.1 Å². The molecule has 0 radical (unpaired) electrons. The molecule has 2 heterocycles. The summed E-state index contributed by atoms with van der Waals surface area (Å²) >= 11 is 0. The highest BCUT2D eigenvalue weighted by atomic mass is 16.5. The molecular weight excluding hydrogens is 418 g/mol. The Morgan fingerprint density at radius 1 is 1.06 bits per heavy atom. The van der Waals surface area contributed by atoms with Gasteiger partial charge in [-0.25, -0.2) is 0 Å². The van der Waals surface area contributed by atoms with Crippen molar-refractivity contribution in [1.29, 1.82) is 0 Å². The van der Waals surface area contributed by atoms with Gasteiger partial charge >= 0.3 is 0 Å². The van der Waals surface area contributed by atoms with Crippen LogP contribution in [0.3, 0.4) is 0 Å². The van der Waals surface area contributed by atoms with Crippen molar-refractivity contribution in [2.75, 3.05) is 44.7 Å². The maximum atomic E-state index is 12.9. The number of carbonyl (C=O) groups is 2. The third kappa shape index (κ3) is 5.17. The van der Waals surface area contributed by atoms with Crippen LogP contribution in [0.5, 0.6) is 0 Å². The first-order chi connectivity index (χ1) is 16.2. The normalized spacial score (nSPS) is 18.2. The lowest BCUT2D eigenvalue weighted by atomic mass is 10.0. The van der Waals surface area contributed by atoms with Crippen LogP contribution in [0.2, 0.25) is 0 Å². The summed E-state index contributed by atoms with van der Waals surface area (Å²) in [5.74, 6) is 0.858. The van der Waals surface area contributed by atoms with Gasteiger partial charge in [0.05, 0.1) is 13.2 Å². The Morgan fingerprint density at radius 2 is 1.91 bits per heavy atom. The summed E-state index contributed by atoms with van der Waals surface area (Å²) < 4.78 is 5.35. The monoisotopic (exact) mass is 447 g/mol. The maximum absolute atomic E-state index is 12.9. The van der Waals surface area contributed by atoms with Gasteiger partial charge in [0.15, 0.2) is 5.96 Å². The molecular formula is C25H29N5O3. The van der Waals surface area contributed by atoms with Crippen LogP contribution in [0.25, 0.3) is 0 Å². The van der Waals surface area contributed by atoms with E-state index in [9.17, 15) is 9.59 Å². The lowest BCUT2D eigenvalue weighted by Crippen LogP contribution is -2.43. The smallest absolute Gasteiger partial charge is 0.257 e. The Balaban J connectivity index is 1.33. The predicted octanol–water partition coefficient (Wildman–Crippen LogP) is 2.86. The molecule has 1 saturated heterocycles. The SMILES string of the molecule is O=C(NC1=NCCCN1)c1ccc(Nc2cccc(C(=O)N3CCOCC3)c2)c(C2CC2)c1. The maximum Gasteiger partial charge on any atom is 0.257 e. The minimum atomic E-state index is -0.158. The number of anilines is 2. The van der Waals surface area contributed by atoms with Crippen LogP contribution in [-0.2, 0) is 4.74 Å². The third-order valence-corrected chi connectivity index (χ3v) is 6.15. The largest absolute Gasteiger partial charge is 0.378 e. The third-order valence-electron chi connectivity index (χ3n) is 6.15. The second-order valence-electron chi connectivity index (χ2n) is 8.65. The van der Waals surface area contributed by atoms with Gasteiger partial charge in [0.1, 0.15) is 0 Å². The molecule has 1 saturated carbocycles. The summed E-state index contributed by atoms with van der Waals surface area (Å²) in [4.78, 5) is 31.7. The fraction of sp³-hybridized carbons (Fsp3) is 0.400. The summed E-state index contributed by atoms with van der Waals surface area (Å²) in [7, 11) is 0. The molecule has 172 valence electrons. The van der Waals surface area contributed by atoms with Crippen molar-refractivity contribution in [3.8, 4) is 0 Å². The number of morpholine rings is 1. The predicted molar refractivity (Wildman–Crippen MR) is 127 cm³/mol. The fourth-order valence-corrected chi connectivity index (χ4v) is 4.18. The number of nitrogens with one attached hydrogen (secondary N) is 3. The number of carbonyl (C=O) groups excluding carboxylic acids is 2. The van der Waals surface area contributed by atoms with E-state index in [1.165, 1.54) is 0 Å². The molecule has 0 spiro atoms. The number of benzene rings is 2. The van der Waals surface area contributed by atoms with E-state index in [0.29, 0.717) is 49.3 Å². The van der Waals surface area contributed by atoms with Crippen molar-refractivity contribution in [2.45, 2.75) is 25.2 Å². The zero-order chi connectivity index (χ0) is 22.6. The van der Waals surface area contributed by atoms with E-state index in [4.69, 9.17) is 4.74 Å². The van der Waals surface area contributed by atoms with E-state index in [1.54, 1.807) is 0 Å². The molecule has 33 heavy (non-hydrogen) atoms. The lowest BCUT2D eigenvalue weighted by molar-refractivity contribution is 0.0303. The zero-order valence-electron chi connectivity index (χ0n) is 18.6. The zero-order valence-corrected chi connectivity index (χ0v) is 18.6. The van der Waals surface area contributed by atoms with E-state index < -0.39 is 0 Å². The topological polar surface area (TPSA) is 95.1 Å². The molecule has 8 nitrogen and oxygen atoms in total. The van der Waals surface area contributed by atoms with Crippen molar-refractivity contribution < 1.29 is 14.3 Å². The van der Waals surface area contributed by atoms with Crippen LogP contribution in [0.15, 0.2) is 47.5 Å². The first-order valence-corrected chi connectivity index (χ1v) is 11.6. The van der Waals surface area contributed by atoms with Gasteiger partial charge in [-0.1, -0.05) is 6.07 Å².